The molecule has 0 aliphatic carbocycles. The highest BCUT2D eigenvalue weighted by atomic mass is 16.5. The van der Waals surface area contributed by atoms with Crippen molar-refractivity contribution in [1.82, 2.24) is 15.1 Å². The first-order valence-electron chi connectivity index (χ1n) is 9.35. The molecule has 0 aliphatic rings. The number of pyridine rings is 1. The Bertz CT molecular complexity index is 945. The van der Waals surface area contributed by atoms with E-state index >= 15 is 0 Å². The molecule has 0 spiro atoms. The van der Waals surface area contributed by atoms with Crippen LogP contribution in [0.3, 0.4) is 0 Å². The van der Waals surface area contributed by atoms with Crippen LogP contribution in [-0.2, 0) is 6.42 Å². The van der Waals surface area contributed by atoms with Crippen molar-refractivity contribution in [3.05, 3.63) is 46.8 Å². The lowest BCUT2D eigenvalue weighted by atomic mass is 10.1. The molecular weight excluding hydrogens is 356 g/mol. The molecule has 148 valence electrons. The summed E-state index contributed by atoms with van der Waals surface area (Å²) in [4.78, 5) is 9.05. The van der Waals surface area contributed by atoms with E-state index in [-0.39, 0.29) is 13.2 Å². The van der Waals surface area contributed by atoms with Crippen molar-refractivity contribution < 1.29 is 14.4 Å². The van der Waals surface area contributed by atoms with E-state index in [0.717, 1.165) is 45.8 Å². The van der Waals surface area contributed by atoms with Gasteiger partial charge in [0.15, 0.2) is 0 Å². The number of benzene rings is 1. The molecule has 3 rings (SSSR count). The minimum absolute atomic E-state index is 0.158. The molecule has 28 heavy (non-hydrogen) atoms. The third-order valence-electron chi connectivity index (χ3n) is 4.45. The van der Waals surface area contributed by atoms with Crippen LogP contribution in [0.2, 0.25) is 0 Å². The Hall–Kier alpha value is -2.77. The molecule has 0 fully saturated rings. The number of nitrogens with two attached hydrogens (primary N) is 1. The predicted molar refractivity (Wildman–Crippen MR) is 107 cm³/mol. The molecule has 3 aromatic rings. The number of aromatic nitrogens is 3. The minimum Gasteiger partial charge on any atom is -0.490 e. The summed E-state index contributed by atoms with van der Waals surface area (Å²) >= 11 is 0. The number of ether oxygens (including phenoxy) is 1. The Morgan fingerprint density at radius 2 is 1.79 bits per heavy atom. The first-order chi connectivity index (χ1) is 13.4. The number of rotatable bonds is 7. The highest BCUT2D eigenvalue weighted by Gasteiger charge is 2.15. The van der Waals surface area contributed by atoms with Crippen LogP contribution in [0.1, 0.15) is 29.4 Å². The van der Waals surface area contributed by atoms with Gasteiger partial charge in [0.2, 0.25) is 5.82 Å². The van der Waals surface area contributed by atoms with Gasteiger partial charge in [-0.2, -0.15) is 4.98 Å². The lowest BCUT2D eigenvalue weighted by Gasteiger charge is -2.15. The Balaban J connectivity index is 1.88. The van der Waals surface area contributed by atoms with Crippen LogP contribution in [-0.4, -0.2) is 39.5 Å². The normalized spacial score (nSPS) is 12.2. The zero-order valence-electron chi connectivity index (χ0n) is 16.7. The number of aliphatic hydroxyl groups excluding tert-OH is 1. The zero-order chi connectivity index (χ0) is 20.3. The van der Waals surface area contributed by atoms with Crippen LogP contribution in [0.15, 0.2) is 28.8 Å². The summed E-state index contributed by atoms with van der Waals surface area (Å²) in [5, 5.41) is 13.8. The second kappa shape index (κ2) is 8.50. The average Bonchev–Trinajstić information content (AvgIpc) is 3.16. The first-order valence-corrected chi connectivity index (χ1v) is 9.35. The van der Waals surface area contributed by atoms with Gasteiger partial charge in [-0.25, -0.2) is 0 Å². The van der Waals surface area contributed by atoms with Gasteiger partial charge in [0, 0.05) is 29.1 Å². The molecule has 0 bridgehead atoms. The van der Waals surface area contributed by atoms with Crippen molar-refractivity contribution in [3.8, 4) is 28.6 Å². The summed E-state index contributed by atoms with van der Waals surface area (Å²) in [5.41, 5.74) is 10.9. The van der Waals surface area contributed by atoms with Crippen LogP contribution < -0.4 is 10.5 Å². The van der Waals surface area contributed by atoms with Gasteiger partial charge in [-0.3, -0.25) is 4.98 Å². The molecule has 2 aromatic heterocycles. The largest absolute Gasteiger partial charge is 0.490 e. The number of aryl methyl sites for hydroxylation is 4. The van der Waals surface area contributed by atoms with Crippen LogP contribution in [0.25, 0.3) is 22.8 Å². The summed E-state index contributed by atoms with van der Waals surface area (Å²) in [6.45, 7) is 8.23. The quantitative estimate of drug-likeness (QED) is 0.647. The number of aliphatic hydroxyl groups is 1. The number of nitrogens with zero attached hydrogens (tertiary/aromatic N) is 3. The molecule has 7 heteroatoms. The average molecular weight is 382 g/mol. The highest BCUT2D eigenvalue weighted by molar-refractivity contribution is 5.63. The monoisotopic (exact) mass is 382 g/mol. The molecule has 3 N–H and O–H groups in total. The van der Waals surface area contributed by atoms with Gasteiger partial charge in [0.25, 0.3) is 5.89 Å². The molecule has 2 heterocycles. The van der Waals surface area contributed by atoms with E-state index in [9.17, 15) is 5.11 Å². The Morgan fingerprint density at radius 1 is 1.07 bits per heavy atom. The lowest BCUT2D eigenvalue weighted by molar-refractivity contribution is 0.113. The van der Waals surface area contributed by atoms with Crippen molar-refractivity contribution in [2.24, 2.45) is 5.73 Å². The molecule has 1 unspecified atom stereocenters. The van der Waals surface area contributed by atoms with Crippen molar-refractivity contribution >= 4 is 0 Å². The number of hydrogen-bond donors (Lipinski definition) is 2. The SMILES string of the molecule is CCc1cc(-c2nc(-c3cc(C)c(OCC(O)CN)c(C)c3)no2)cc(C)n1. The summed E-state index contributed by atoms with van der Waals surface area (Å²) in [5.74, 6) is 1.72. The molecule has 1 atom stereocenters. The second-order valence-electron chi connectivity index (χ2n) is 6.90. The van der Waals surface area contributed by atoms with Gasteiger partial charge in [-0.15, -0.1) is 0 Å². The molecule has 7 nitrogen and oxygen atoms in total. The van der Waals surface area contributed by atoms with Gasteiger partial charge < -0.3 is 20.1 Å². The Kier molecular flexibility index (Phi) is 6.06. The van der Waals surface area contributed by atoms with E-state index < -0.39 is 6.10 Å². The van der Waals surface area contributed by atoms with Crippen LogP contribution >= 0.6 is 0 Å². The van der Waals surface area contributed by atoms with Crippen molar-refractivity contribution in [2.75, 3.05) is 13.2 Å². The molecular formula is C21H26N4O3. The fourth-order valence-electron chi connectivity index (χ4n) is 3.05. The number of hydrogen-bond acceptors (Lipinski definition) is 7. The van der Waals surface area contributed by atoms with Gasteiger partial charge in [-0.05, 0) is 62.6 Å². The van der Waals surface area contributed by atoms with E-state index in [1.807, 2.05) is 45.0 Å². The fraction of sp³-hybridized carbons (Fsp3) is 0.381. The van der Waals surface area contributed by atoms with Crippen molar-refractivity contribution in [1.29, 1.82) is 0 Å². The standard InChI is InChI=1S/C21H26N4O3/c1-5-17-9-16(8-14(4)23-17)21-24-20(25-28-21)15-6-12(2)19(13(3)7-15)27-11-18(26)10-22/h6-9,18,26H,5,10-11,22H2,1-4H3. The topological polar surface area (TPSA) is 107 Å². The van der Waals surface area contributed by atoms with E-state index in [1.54, 1.807) is 0 Å². The van der Waals surface area contributed by atoms with Gasteiger partial charge in [-0.1, -0.05) is 12.1 Å². The van der Waals surface area contributed by atoms with Crippen LogP contribution in [0, 0.1) is 20.8 Å². The second-order valence-corrected chi connectivity index (χ2v) is 6.90. The lowest BCUT2D eigenvalue weighted by Crippen LogP contribution is -2.26. The fourth-order valence-corrected chi connectivity index (χ4v) is 3.05. The maximum Gasteiger partial charge on any atom is 0.258 e. The molecule has 0 saturated carbocycles. The van der Waals surface area contributed by atoms with Crippen LogP contribution in [0.4, 0.5) is 0 Å². The summed E-state index contributed by atoms with van der Waals surface area (Å²) in [6.07, 6.45) is 0.157. The van der Waals surface area contributed by atoms with Crippen molar-refractivity contribution in [3.63, 3.8) is 0 Å². The summed E-state index contributed by atoms with van der Waals surface area (Å²) in [7, 11) is 0. The first kappa shape index (κ1) is 20.0. The minimum atomic E-state index is -0.685. The van der Waals surface area contributed by atoms with E-state index in [0.29, 0.717) is 11.7 Å². The maximum absolute atomic E-state index is 9.61. The molecule has 0 radical (unpaired) electrons. The van der Waals surface area contributed by atoms with Crippen LogP contribution in [0.5, 0.6) is 5.75 Å². The smallest absolute Gasteiger partial charge is 0.258 e. The predicted octanol–water partition coefficient (Wildman–Crippen LogP) is 2.98. The van der Waals surface area contributed by atoms with Gasteiger partial charge in [0.1, 0.15) is 18.5 Å². The van der Waals surface area contributed by atoms with E-state index in [2.05, 4.69) is 22.0 Å². The van der Waals surface area contributed by atoms with Crippen molar-refractivity contribution in [2.45, 2.75) is 40.2 Å². The van der Waals surface area contributed by atoms with Gasteiger partial charge in [0.05, 0.1) is 0 Å². The zero-order valence-corrected chi connectivity index (χ0v) is 16.7. The van der Waals surface area contributed by atoms with Gasteiger partial charge >= 0.3 is 0 Å². The molecule has 0 aliphatic heterocycles. The maximum atomic E-state index is 9.61. The van der Waals surface area contributed by atoms with E-state index in [4.69, 9.17) is 15.0 Å². The van der Waals surface area contributed by atoms with E-state index in [1.165, 1.54) is 0 Å². The summed E-state index contributed by atoms with van der Waals surface area (Å²) in [6, 6.07) is 7.80. The Labute approximate surface area is 164 Å². The molecule has 0 saturated heterocycles. The Morgan fingerprint density at radius 3 is 2.43 bits per heavy atom. The highest BCUT2D eigenvalue weighted by Crippen LogP contribution is 2.30. The third kappa shape index (κ3) is 4.37. The third-order valence-corrected chi connectivity index (χ3v) is 4.45. The molecule has 0 amide bonds. The summed E-state index contributed by atoms with van der Waals surface area (Å²) < 4.78 is 11.2. The molecule has 1 aromatic carbocycles.